The van der Waals surface area contributed by atoms with Gasteiger partial charge in [-0.15, -0.1) is 0 Å². The standard InChI is InChI=1S/C21H24BrN5O3S/c1-30-14-2-3-15(22)17(10-14)31-21-25-19-16(4-7-24-20(19)23)27(21)9-6-13-5-8-26(11-13)18(29)12-28/h2-4,7,10,13,28H,5-6,8-9,11-12H2,1H3,(H2,23,24). The third-order valence-electron chi connectivity index (χ3n) is 5.53. The molecule has 1 saturated heterocycles. The molecule has 0 radical (unpaired) electrons. The van der Waals surface area contributed by atoms with Crippen LogP contribution in [-0.4, -0.2) is 57.3 Å². The highest BCUT2D eigenvalue weighted by atomic mass is 79.9. The van der Waals surface area contributed by atoms with Gasteiger partial charge in [0.25, 0.3) is 0 Å². The second-order valence-electron chi connectivity index (χ2n) is 7.45. The smallest absolute Gasteiger partial charge is 0.248 e. The van der Waals surface area contributed by atoms with Gasteiger partial charge >= 0.3 is 0 Å². The van der Waals surface area contributed by atoms with E-state index in [0.29, 0.717) is 30.3 Å². The highest BCUT2D eigenvalue weighted by molar-refractivity contribution is 9.10. The van der Waals surface area contributed by atoms with Crippen molar-refractivity contribution in [3.63, 3.8) is 0 Å². The number of hydrogen-bond donors (Lipinski definition) is 2. The summed E-state index contributed by atoms with van der Waals surface area (Å²) in [6.45, 7) is 1.70. The molecule has 1 fully saturated rings. The summed E-state index contributed by atoms with van der Waals surface area (Å²) >= 11 is 5.15. The summed E-state index contributed by atoms with van der Waals surface area (Å²) in [7, 11) is 1.64. The number of fused-ring (bicyclic) bond motifs is 1. The van der Waals surface area contributed by atoms with Crippen LogP contribution in [0.4, 0.5) is 5.82 Å². The lowest BCUT2D eigenvalue weighted by Gasteiger charge is -2.16. The Labute approximate surface area is 192 Å². The Morgan fingerprint density at radius 3 is 3.03 bits per heavy atom. The molecule has 1 amide bonds. The molecule has 4 rings (SSSR count). The minimum Gasteiger partial charge on any atom is -0.497 e. The summed E-state index contributed by atoms with van der Waals surface area (Å²) in [4.78, 5) is 23.5. The van der Waals surface area contributed by atoms with Crippen molar-refractivity contribution >= 4 is 50.5 Å². The van der Waals surface area contributed by atoms with E-state index >= 15 is 0 Å². The fourth-order valence-corrected chi connectivity index (χ4v) is 5.30. The van der Waals surface area contributed by atoms with Crippen molar-refractivity contribution in [2.24, 2.45) is 5.92 Å². The predicted molar refractivity (Wildman–Crippen MR) is 123 cm³/mol. The van der Waals surface area contributed by atoms with E-state index in [4.69, 9.17) is 20.6 Å². The average molecular weight is 506 g/mol. The van der Waals surface area contributed by atoms with Crippen LogP contribution in [0.3, 0.4) is 0 Å². The van der Waals surface area contributed by atoms with Gasteiger partial charge in [0.2, 0.25) is 5.91 Å². The molecule has 0 bridgehead atoms. The number of pyridine rings is 1. The second kappa shape index (κ2) is 9.46. The first-order valence-electron chi connectivity index (χ1n) is 10.0. The number of aromatic nitrogens is 3. The monoisotopic (exact) mass is 505 g/mol. The predicted octanol–water partition coefficient (Wildman–Crippen LogP) is 3.17. The van der Waals surface area contributed by atoms with Gasteiger partial charge in [-0.3, -0.25) is 4.79 Å². The fraction of sp³-hybridized carbons (Fsp3) is 0.381. The van der Waals surface area contributed by atoms with Crippen molar-refractivity contribution < 1.29 is 14.6 Å². The Hall–Kier alpha value is -2.30. The molecular weight excluding hydrogens is 482 g/mol. The Kier molecular flexibility index (Phi) is 6.68. The summed E-state index contributed by atoms with van der Waals surface area (Å²) in [5.41, 5.74) is 7.73. The van der Waals surface area contributed by atoms with Crippen molar-refractivity contribution in [3.8, 4) is 5.75 Å². The number of carbonyl (C=O) groups is 1. The Morgan fingerprint density at radius 2 is 2.26 bits per heavy atom. The van der Waals surface area contributed by atoms with Gasteiger partial charge in [0.15, 0.2) is 11.0 Å². The molecule has 10 heteroatoms. The number of aliphatic hydroxyl groups excluding tert-OH is 1. The van der Waals surface area contributed by atoms with Crippen LogP contribution in [0.25, 0.3) is 11.0 Å². The average Bonchev–Trinajstić information content (AvgIpc) is 3.39. The molecule has 1 aliphatic rings. The minimum absolute atomic E-state index is 0.200. The van der Waals surface area contributed by atoms with Gasteiger partial charge < -0.3 is 25.0 Å². The van der Waals surface area contributed by atoms with E-state index in [1.807, 2.05) is 24.3 Å². The first-order valence-corrected chi connectivity index (χ1v) is 11.6. The zero-order valence-electron chi connectivity index (χ0n) is 17.1. The number of nitrogen functional groups attached to an aromatic ring is 1. The molecule has 3 heterocycles. The Morgan fingerprint density at radius 1 is 1.42 bits per heavy atom. The maximum Gasteiger partial charge on any atom is 0.248 e. The topological polar surface area (TPSA) is 107 Å². The number of likely N-dealkylation sites (tertiary alicyclic amines) is 1. The van der Waals surface area contributed by atoms with E-state index in [1.54, 1.807) is 30.0 Å². The molecule has 0 saturated carbocycles. The number of ether oxygens (including phenoxy) is 1. The molecule has 8 nitrogen and oxygen atoms in total. The lowest BCUT2D eigenvalue weighted by Crippen LogP contribution is -2.31. The number of aryl methyl sites for hydroxylation is 1. The largest absolute Gasteiger partial charge is 0.497 e. The van der Waals surface area contributed by atoms with E-state index in [-0.39, 0.29) is 5.91 Å². The van der Waals surface area contributed by atoms with Crippen LogP contribution in [0, 0.1) is 5.92 Å². The lowest BCUT2D eigenvalue weighted by atomic mass is 10.1. The van der Waals surface area contributed by atoms with Gasteiger partial charge in [0.1, 0.15) is 17.9 Å². The van der Waals surface area contributed by atoms with Crippen LogP contribution >= 0.6 is 27.7 Å². The maximum absolute atomic E-state index is 11.8. The van der Waals surface area contributed by atoms with Gasteiger partial charge in [-0.25, -0.2) is 9.97 Å². The number of nitrogens with two attached hydrogens (primary N) is 1. The van der Waals surface area contributed by atoms with Gasteiger partial charge in [-0.1, -0.05) is 11.8 Å². The van der Waals surface area contributed by atoms with Crippen molar-refractivity contribution in [1.29, 1.82) is 0 Å². The molecule has 1 atom stereocenters. The summed E-state index contributed by atoms with van der Waals surface area (Å²) in [5, 5.41) is 9.93. The molecule has 0 spiro atoms. The normalized spacial score (nSPS) is 16.2. The molecule has 3 aromatic rings. The number of benzene rings is 1. The Bertz CT molecular complexity index is 1110. The molecular formula is C21H24BrN5O3S. The van der Waals surface area contributed by atoms with E-state index in [1.165, 1.54) is 0 Å². The van der Waals surface area contributed by atoms with Crippen LogP contribution in [0.15, 0.2) is 45.0 Å². The Balaban J connectivity index is 1.60. The minimum atomic E-state index is -0.429. The highest BCUT2D eigenvalue weighted by Gasteiger charge is 2.26. The number of rotatable bonds is 7. The maximum atomic E-state index is 11.8. The van der Waals surface area contributed by atoms with Crippen LogP contribution < -0.4 is 10.5 Å². The zero-order valence-corrected chi connectivity index (χ0v) is 19.5. The number of methoxy groups -OCH3 is 1. The van der Waals surface area contributed by atoms with E-state index in [0.717, 1.165) is 45.2 Å². The van der Waals surface area contributed by atoms with Gasteiger partial charge in [0, 0.05) is 35.2 Å². The number of anilines is 1. The fourth-order valence-electron chi connectivity index (χ4n) is 3.84. The van der Waals surface area contributed by atoms with Crippen LogP contribution in [0.2, 0.25) is 0 Å². The van der Waals surface area contributed by atoms with Gasteiger partial charge in [-0.05, 0) is 59.0 Å². The SMILES string of the molecule is COc1ccc(Br)c(Sc2nc3c(N)nccc3n2CCC2CCN(C(=O)CO)C2)c1. The number of imidazole rings is 1. The molecule has 1 unspecified atom stereocenters. The molecule has 0 aliphatic carbocycles. The molecule has 164 valence electrons. The number of aliphatic hydroxyl groups is 1. The van der Waals surface area contributed by atoms with Gasteiger partial charge in [0.05, 0.1) is 12.6 Å². The van der Waals surface area contributed by atoms with Gasteiger partial charge in [-0.2, -0.15) is 0 Å². The van der Waals surface area contributed by atoms with Crippen LogP contribution in [-0.2, 0) is 11.3 Å². The quantitative estimate of drug-likeness (QED) is 0.507. The van der Waals surface area contributed by atoms with Crippen molar-refractivity contribution in [2.45, 2.75) is 29.4 Å². The first kappa shape index (κ1) is 21.9. The number of nitrogens with zero attached hydrogens (tertiary/aromatic N) is 4. The molecule has 31 heavy (non-hydrogen) atoms. The van der Waals surface area contributed by atoms with Crippen LogP contribution in [0.5, 0.6) is 5.75 Å². The highest BCUT2D eigenvalue weighted by Crippen LogP contribution is 2.38. The second-order valence-corrected chi connectivity index (χ2v) is 9.31. The summed E-state index contributed by atoms with van der Waals surface area (Å²) in [6, 6.07) is 7.75. The van der Waals surface area contributed by atoms with Crippen molar-refractivity contribution in [2.75, 3.05) is 32.5 Å². The number of carbonyl (C=O) groups excluding carboxylic acids is 1. The number of halogens is 1. The van der Waals surface area contributed by atoms with E-state index in [2.05, 4.69) is 25.5 Å². The summed E-state index contributed by atoms with van der Waals surface area (Å²) in [5.74, 6) is 1.36. The third-order valence-corrected chi connectivity index (χ3v) is 7.54. The molecule has 1 aliphatic heterocycles. The number of amides is 1. The third kappa shape index (κ3) is 4.65. The first-order chi connectivity index (χ1) is 15.0. The molecule has 1 aromatic carbocycles. The zero-order chi connectivity index (χ0) is 22.0. The summed E-state index contributed by atoms with van der Waals surface area (Å²) < 4.78 is 8.49. The number of hydrogen-bond acceptors (Lipinski definition) is 7. The molecule has 3 N–H and O–H groups in total. The molecule has 2 aromatic heterocycles. The summed E-state index contributed by atoms with van der Waals surface area (Å²) in [6.07, 6.45) is 3.53. The van der Waals surface area contributed by atoms with Crippen LogP contribution in [0.1, 0.15) is 12.8 Å². The van der Waals surface area contributed by atoms with E-state index in [9.17, 15) is 4.79 Å². The van der Waals surface area contributed by atoms with Crippen molar-refractivity contribution in [1.82, 2.24) is 19.4 Å². The van der Waals surface area contributed by atoms with Crippen molar-refractivity contribution in [3.05, 3.63) is 34.9 Å². The van der Waals surface area contributed by atoms with E-state index < -0.39 is 6.61 Å². The lowest BCUT2D eigenvalue weighted by molar-refractivity contribution is -0.133.